The van der Waals surface area contributed by atoms with Crippen molar-refractivity contribution in [2.75, 3.05) is 6.26 Å². The van der Waals surface area contributed by atoms with E-state index in [0.717, 1.165) is 16.3 Å². The predicted octanol–water partition coefficient (Wildman–Crippen LogP) is 2.22. The molecule has 8 heteroatoms. The van der Waals surface area contributed by atoms with Crippen molar-refractivity contribution in [2.24, 2.45) is 11.1 Å². The third-order valence-electron chi connectivity index (χ3n) is 4.04. The van der Waals surface area contributed by atoms with Crippen LogP contribution in [0, 0.1) is 5.41 Å². The third kappa shape index (κ3) is 4.22. The molecule has 1 aromatic carbocycles. The molecule has 0 spiro atoms. The normalized spacial score (nSPS) is 25.3. The smallest absolute Gasteiger partial charge is 0.224 e. The van der Waals surface area contributed by atoms with Crippen LogP contribution in [0.5, 0.6) is 0 Å². The van der Waals surface area contributed by atoms with Crippen molar-refractivity contribution < 1.29 is 13.2 Å². The number of rotatable bonds is 5. The molecule has 0 unspecified atom stereocenters. The van der Waals surface area contributed by atoms with Gasteiger partial charge >= 0.3 is 0 Å². The first-order valence-electron chi connectivity index (χ1n) is 6.82. The number of hydrogen-bond donors (Lipinski definition) is 2. The fourth-order valence-electron chi connectivity index (χ4n) is 3.04. The van der Waals surface area contributed by atoms with Crippen LogP contribution in [-0.2, 0) is 21.2 Å². The Kier molecular flexibility index (Phi) is 5.21. The summed E-state index contributed by atoms with van der Waals surface area (Å²) in [6.45, 7) is 0. The topological polar surface area (TPSA) is 89.3 Å². The van der Waals surface area contributed by atoms with Crippen molar-refractivity contribution in [1.29, 1.82) is 0 Å². The molecule has 122 valence electrons. The number of nitrogens with one attached hydrogen (secondary N) is 1. The van der Waals surface area contributed by atoms with Gasteiger partial charge in [-0.2, -0.15) is 0 Å². The van der Waals surface area contributed by atoms with Gasteiger partial charge in [-0.3, -0.25) is 4.79 Å². The molecule has 3 N–H and O–H groups in total. The van der Waals surface area contributed by atoms with Gasteiger partial charge in [-0.25, -0.2) is 13.1 Å². The molecule has 0 saturated heterocycles. The molecule has 1 aliphatic rings. The predicted molar refractivity (Wildman–Crippen MR) is 90.1 cm³/mol. The lowest BCUT2D eigenvalue weighted by Gasteiger charge is -2.26. The van der Waals surface area contributed by atoms with E-state index < -0.39 is 21.3 Å². The molecule has 2 rings (SSSR count). The lowest BCUT2D eigenvalue weighted by molar-refractivity contribution is -0.127. The van der Waals surface area contributed by atoms with Gasteiger partial charge in [0, 0.05) is 10.5 Å². The van der Waals surface area contributed by atoms with Gasteiger partial charge < -0.3 is 5.73 Å². The zero-order chi connectivity index (χ0) is 16.5. The highest BCUT2D eigenvalue weighted by Crippen LogP contribution is 2.41. The number of carbonyl (C=O) groups excluding carboxylic acids is 1. The molecule has 0 aliphatic heterocycles. The monoisotopic (exact) mass is 408 g/mol. The van der Waals surface area contributed by atoms with Gasteiger partial charge in [0.25, 0.3) is 0 Å². The minimum atomic E-state index is -3.30. The second-order valence-electron chi connectivity index (χ2n) is 5.90. The molecule has 1 aliphatic carbocycles. The number of nitrogens with two attached hydrogens (primary N) is 1. The molecule has 5 nitrogen and oxygen atoms in total. The summed E-state index contributed by atoms with van der Waals surface area (Å²) in [6, 6.07) is 5.23. The van der Waals surface area contributed by atoms with E-state index in [1.807, 2.05) is 12.1 Å². The van der Waals surface area contributed by atoms with E-state index in [0.29, 0.717) is 30.7 Å². The van der Waals surface area contributed by atoms with Crippen LogP contribution in [-0.4, -0.2) is 26.6 Å². The number of sulfonamides is 1. The summed E-state index contributed by atoms with van der Waals surface area (Å²) in [5.74, 6) is -0.392. The summed E-state index contributed by atoms with van der Waals surface area (Å²) in [7, 11) is -3.30. The first-order valence-corrected chi connectivity index (χ1v) is 9.89. The summed E-state index contributed by atoms with van der Waals surface area (Å²) >= 11 is 9.34. The Morgan fingerprint density at radius 2 is 2.23 bits per heavy atom. The average molecular weight is 410 g/mol. The minimum absolute atomic E-state index is 0.252. The second-order valence-corrected chi connectivity index (χ2v) is 8.94. The first kappa shape index (κ1) is 17.7. The fourth-order valence-corrected chi connectivity index (χ4v) is 4.39. The molecule has 0 heterocycles. The van der Waals surface area contributed by atoms with Gasteiger partial charge in [0.1, 0.15) is 0 Å². The maximum absolute atomic E-state index is 12.0. The SMILES string of the molecule is CS(=O)(=O)N[C@H]1CC[C@](Cc2ccc(Cl)c(Br)c2)(C(N)=O)C1. The number of halogens is 2. The number of hydrogen-bond acceptors (Lipinski definition) is 3. The van der Waals surface area contributed by atoms with Crippen molar-refractivity contribution >= 4 is 43.5 Å². The quantitative estimate of drug-likeness (QED) is 0.781. The molecular weight excluding hydrogens is 392 g/mol. The van der Waals surface area contributed by atoms with Crippen LogP contribution in [0.1, 0.15) is 24.8 Å². The average Bonchev–Trinajstić information content (AvgIpc) is 2.76. The van der Waals surface area contributed by atoms with Crippen LogP contribution >= 0.6 is 27.5 Å². The van der Waals surface area contributed by atoms with Crippen molar-refractivity contribution in [3.05, 3.63) is 33.3 Å². The molecule has 0 radical (unpaired) electrons. The van der Waals surface area contributed by atoms with E-state index in [9.17, 15) is 13.2 Å². The molecule has 22 heavy (non-hydrogen) atoms. The van der Waals surface area contributed by atoms with Gasteiger partial charge in [0.2, 0.25) is 15.9 Å². The first-order chi connectivity index (χ1) is 10.1. The molecule has 0 aromatic heterocycles. The maximum Gasteiger partial charge on any atom is 0.224 e. The van der Waals surface area contributed by atoms with Crippen molar-refractivity contribution in [1.82, 2.24) is 4.72 Å². The minimum Gasteiger partial charge on any atom is -0.369 e. The van der Waals surface area contributed by atoms with Crippen LogP contribution in [0.25, 0.3) is 0 Å². The zero-order valence-electron chi connectivity index (χ0n) is 12.1. The van der Waals surface area contributed by atoms with E-state index in [4.69, 9.17) is 17.3 Å². The number of benzene rings is 1. The number of carbonyl (C=O) groups is 1. The van der Waals surface area contributed by atoms with Crippen molar-refractivity contribution in [2.45, 2.75) is 31.7 Å². The van der Waals surface area contributed by atoms with Gasteiger partial charge in [0.05, 0.1) is 16.7 Å². The lowest BCUT2D eigenvalue weighted by Crippen LogP contribution is -2.40. The summed E-state index contributed by atoms with van der Waals surface area (Å²) < 4.78 is 26.0. The molecular formula is C14H18BrClN2O3S. The van der Waals surface area contributed by atoms with E-state index in [-0.39, 0.29) is 6.04 Å². The van der Waals surface area contributed by atoms with E-state index in [2.05, 4.69) is 20.7 Å². The highest BCUT2D eigenvalue weighted by molar-refractivity contribution is 9.10. The lowest BCUT2D eigenvalue weighted by atomic mass is 9.79. The molecule has 0 bridgehead atoms. The molecule has 2 atom stereocenters. The molecule has 1 fully saturated rings. The molecule has 1 saturated carbocycles. The van der Waals surface area contributed by atoms with E-state index in [1.54, 1.807) is 6.07 Å². The Morgan fingerprint density at radius 1 is 1.55 bits per heavy atom. The van der Waals surface area contributed by atoms with Gasteiger partial charge in [-0.05, 0) is 59.3 Å². The standard InChI is InChI=1S/C14H18BrClN2O3S/c1-22(20,21)18-10-4-5-14(8-10,13(17)19)7-9-2-3-12(16)11(15)6-9/h2-3,6,10,18H,4-5,7-8H2,1H3,(H2,17,19)/t10-,14+/m0/s1. The third-order valence-corrected chi connectivity index (χ3v) is 6.01. The van der Waals surface area contributed by atoms with Crippen LogP contribution in [0.4, 0.5) is 0 Å². The van der Waals surface area contributed by atoms with Crippen LogP contribution < -0.4 is 10.5 Å². The molecule has 1 amide bonds. The fraction of sp³-hybridized carbons (Fsp3) is 0.500. The summed E-state index contributed by atoms with van der Waals surface area (Å²) in [5, 5.41) is 0.597. The number of primary amides is 1. The maximum atomic E-state index is 12.0. The highest BCUT2D eigenvalue weighted by atomic mass is 79.9. The summed E-state index contributed by atoms with van der Waals surface area (Å²) in [6.07, 6.45) is 3.17. The van der Waals surface area contributed by atoms with Crippen LogP contribution in [0.2, 0.25) is 5.02 Å². The van der Waals surface area contributed by atoms with Crippen molar-refractivity contribution in [3.8, 4) is 0 Å². The highest BCUT2D eigenvalue weighted by Gasteiger charge is 2.44. The van der Waals surface area contributed by atoms with Crippen molar-refractivity contribution in [3.63, 3.8) is 0 Å². The number of amides is 1. The van der Waals surface area contributed by atoms with Crippen LogP contribution in [0.3, 0.4) is 0 Å². The largest absolute Gasteiger partial charge is 0.369 e. The summed E-state index contributed by atoms with van der Waals surface area (Å²) in [4.78, 5) is 12.0. The Balaban J connectivity index is 2.20. The zero-order valence-corrected chi connectivity index (χ0v) is 15.3. The van der Waals surface area contributed by atoms with Gasteiger partial charge in [-0.1, -0.05) is 17.7 Å². The van der Waals surface area contributed by atoms with E-state index in [1.165, 1.54) is 0 Å². The Morgan fingerprint density at radius 3 is 2.77 bits per heavy atom. The van der Waals surface area contributed by atoms with Gasteiger partial charge in [0.15, 0.2) is 0 Å². The Labute approximate surface area is 143 Å². The second kappa shape index (κ2) is 6.47. The Bertz CT molecular complexity index is 695. The van der Waals surface area contributed by atoms with Crippen LogP contribution in [0.15, 0.2) is 22.7 Å². The Hall–Kier alpha value is -0.630. The summed E-state index contributed by atoms with van der Waals surface area (Å²) in [5.41, 5.74) is 5.83. The van der Waals surface area contributed by atoms with E-state index >= 15 is 0 Å². The van der Waals surface area contributed by atoms with Gasteiger partial charge in [-0.15, -0.1) is 0 Å². The molecule has 1 aromatic rings.